The van der Waals surface area contributed by atoms with Crippen LogP contribution in [0.4, 0.5) is 11.4 Å². The predicted octanol–water partition coefficient (Wildman–Crippen LogP) is 2.87. The van der Waals surface area contributed by atoms with Crippen molar-refractivity contribution in [1.29, 1.82) is 0 Å². The van der Waals surface area contributed by atoms with Gasteiger partial charge in [-0.3, -0.25) is 14.3 Å². The Morgan fingerprint density at radius 3 is 2.60 bits per heavy atom. The summed E-state index contributed by atoms with van der Waals surface area (Å²) < 4.78 is 30.7. The number of benzene rings is 2. The van der Waals surface area contributed by atoms with Crippen LogP contribution in [0.2, 0.25) is 5.02 Å². The largest absolute Gasteiger partial charge is 0.376 e. The van der Waals surface area contributed by atoms with Gasteiger partial charge in [0.05, 0.1) is 34.2 Å². The standard InChI is InChI=1S/C20H22ClN3O5S/c1-30(27,28)24-13-8-9-17(21)16(11-13)20(26)23-18-7-3-2-6-15(18)19(25)22-12-14-5-4-10-29-14/h2-3,6-9,11,14,24H,4-5,10,12H2,1H3,(H,22,25)(H,23,26)/t14-/m1/s1. The van der Waals surface area contributed by atoms with E-state index in [4.69, 9.17) is 16.3 Å². The van der Waals surface area contributed by atoms with Crippen molar-refractivity contribution in [1.82, 2.24) is 5.32 Å². The highest BCUT2D eigenvalue weighted by Gasteiger charge is 2.19. The van der Waals surface area contributed by atoms with Gasteiger partial charge in [-0.1, -0.05) is 23.7 Å². The molecule has 1 saturated heterocycles. The van der Waals surface area contributed by atoms with Gasteiger partial charge >= 0.3 is 0 Å². The molecule has 0 bridgehead atoms. The summed E-state index contributed by atoms with van der Waals surface area (Å²) in [6, 6.07) is 10.8. The number of rotatable bonds is 7. The molecule has 2 aromatic rings. The summed E-state index contributed by atoms with van der Waals surface area (Å²) in [5, 5.41) is 5.64. The van der Waals surface area contributed by atoms with E-state index in [1.807, 2.05) is 0 Å². The van der Waals surface area contributed by atoms with Gasteiger partial charge in [-0.2, -0.15) is 0 Å². The molecule has 1 aliphatic rings. The summed E-state index contributed by atoms with van der Waals surface area (Å²) in [6.07, 6.45) is 2.88. The molecule has 0 saturated carbocycles. The third kappa shape index (κ3) is 5.94. The lowest BCUT2D eigenvalue weighted by molar-refractivity contribution is 0.0858. The number of sulfonamides is 1. The molecule has 0 aromatic heterocycles. The highest BCUT2D eigenvalue weighted by molar-refractivity contribution is 7.92. The molecule has 0 spiro atoms. The number of para-hydroxylation sites is 1. The molecule has 0 radical (unpaired) electrons. The van der Waals surface area contributed by atoms with Crippen LogP contribution in [0.5, 0.6) is 0 Å². The van der Waals surface area contributed by atoms with Crippen molar-refractivity contribution in [2.24, 2.45) is 0 Å². The van der Waals surface area contributed by atoms with E-state index in [-0.39, 0.29) is 28.3 Å². The summed E-state index contributed by atoms with van der Waals surface area (Å²) in [4.78, 5) is 25.4. The molecule has 1 fully saturated rings. The van der Waals surface area contributed by atoms with Crippen LogP contribution < -0.4 is 15.4 Å². The van der Waals surface area contributed by atoms with Crippen LogP contribution in [-0.2, 0) is 14.8 Å². The Bertz CT molecular complexity index is 1050. The van der Waals surface area contributed by atoms with E-state index in [1.165, 1.54) is 18.2 Å². The molecule has 3 N–H and O–H groups in total. The van der Waals surface area contributed by atoms with Crippen LogP contribution >= 0.6 is 11.6 Å². The minimum absolute atomic E-state index is 0.000376. The van der Waals surface area contributed by atoms with Crippen LogP contribution in [0.3, 0.4) is 0 Å². The molecule has 30 heavy (non-hydrogen) atoms. The average Bonchev–Trinajstić information content (AvgIpc) is 3.20. The van der Waals surface area contributed by atoms with Gasteiger partial charge in [0.2, 0.25) is 10.0 Å². The fraction of sp³-hybridized carbons (Fsp3) is 0.300. The Kier molecular flexibility index (Phi) is 6.96. The normalized spacial score (nSPS) is 16.1. The molecule has 160 valence electrons. The van der Waals surface area contributed by atoms with Gasteiger partial charge in [0, 0.05) is 18.8 Å². The van der Waals surface area contributed by atoms with E-state index in [0.29, 0.717) is 24.4 Å². The van der Waals surface area contributed by atoms with Crippen LogP contribution in [0, 0.1) is 0 Å². The summed E-state index contributed by atoms with van der Waals surface area (Å²) in [5.74, 6) is -0.906. The number of hydrogen-bond acceptors (Lipinski definition) is 5. The molecular weight excluding hydrogens is 430 g/mol. The van der Waals surface area contributed by atoms with Crippen molar-refractivity contribution in [3.05, 3.63) is 58.6 Å². The number of hydrogen-bond donors (Lipinski definition) is 3. The molecule has 8 nitrogen and oxygen atoms in total. The fourth-order valence-corrected chi connectivity index (χ4v) is 3.82. The highest BCUT2D eigenvalue weighted by Crippen LogP contribution is 2.24. The molecule has 1 aliphatic heterocycles. The number of carbonyl (C=O) groups excluding carboxylic acids is 2. The van der Waals surface area contributed by atoms with Crippen LogP contribution in [0.1, 0.15) is 33.6 Å². The maximum Gasteiger partial charge on any atom is 0.257 e. The van der Waals surface area contributed by atoms with E-state index in [2.05, 4.69) is 15.4 Å². The summed E-state index contributed by atoms with van der Waals surface area (Å²) in [7, 11) is -3.51. The monoisotopic (exact) mass is 451 g/mol. The number of halogens is 1. The first-order chi connectivity index (χ1) is 14.2. The van der Waals surface area contributed by atoms with Gasteiger partial charge in [0.1, 0.15) is 0 Å². The van der Waals surface area contributed by atoms with Crippen LogP contribution in [0.25, 0.3) is 0 Å². The molecule has 0 aliphatic carbocycles. The predicted molar refractivity (Wildman–Crippen MR) is 116 cm³/mol. The van der Waals surface area contributed by atoms with E-state index in [1.54, 1.807) is 24.3 Å². The zero-order valence-corrected chi connectivity index (χ0v) is 17.8. The Hall–Kier alpha value is -2.62. The van der Waals surface area contributed by atoms with Crippen molar-refractivity contribution in [3.63, 3.8) is 0 Å². The molecule has 3 rings (SSSR count). The van der Waals surface area contributed by atoms with Gasteiger partial charge in [-0.15, -0.1) is 0 Å². The van der Waals surface area contributed by atoms with Crippen molar-refractivity contribution < 1.29 is 22.7 Å². The van der Waals surface area contributed by atoms with E-state index in [9.17, 15) is 18.0 Å². The maximum absolute atomic E-state index is 12.8. The summed E-state index contributed by atoms with van der Waals surface area (Å²) >= 11 is 6.12. The number of ether oxygens (including phenoxy) is 1. The van der Waals surface area contributed by atoms with Gasteiger partial charge in [0.15, 0.2) is 0 Å². The third-order valence-electron chi connectivity index (χ3n) is 4.45. The SMILES string of the molecule is CS(=O)(=O)Nc1ccc(Cl)c(C(=O)Nc2ccccc2C(=O)NC[C@H]2CCCO2)c1. The van der Waals surface area contributed by atoms with Crippen molar-refractivity contribution >= 4 is 44.8 Å². The quantitative estimate of drug-likeness (QED) is 0.599. The first-order valence-electron chi connectivity index (χ1n) is 9.30. The summed E-state index contributed by atoms with van der Waals surface area (Å²) in [6.45, 7) is 1.09. The van der Waals surface area contributed by atoms with Crippen molar-refractivity contribution in [2.45, 2.75) is 18.9 Å². The van der Waals surface area contributed by atoms with Crippen LogP contribution in [-0.4, -0.2) is 45.7 Å². The number of carbonyl (C=O) groups is 2. The molecule has 2 amide bonds. The van der Waals surface area contributed by atoms with E-state index < -0.39 is 15.9 Å². The van der Waals surface area contributed by atoms with Crippen LogP contribution in [0.15, 0.2) is 42.5 Å². The molecule has 2 aromatic carbocycles. The van der Waals surface area contributed by atoms with E-state index in [0.717, 1.165) is 19.1 Å². The lowest BCUT2D eigenvalue weighted by Crippen LogP contribution is -2.32. The Balaban J connectivity index is 1.75. The second-order valence-corrected chi connectivity index (χ2v) is 9.07. The van der Waals surface area contributed by atoms with Gasteiger partial charge in [-0.05, 0) is 43.2 Å². The van der Waals surface area contributed by atoms with E-state index >= 15 is 0 Å². The van der Waals surface area contributed by atoms with Gasteiger partial charge in [0.25, 0.3) is 11.8 Å². The molecule has 1 heterocycles. The van der Waals surface area contributed by atoms with Crippen molar-refractivity contribution in [2.75, 3.05) is 29.4 Å². The number of amides is 2. The Labute approximate surface area is 180 Å². The smallest absolute Gasteiger partial charge is 0.257 e. The third-order valence-corrected chi connectivity index (χ3v) is 5.38. The summed E-state index contributed by atoms with van der Waals surface area (Å²) in [5.41, 5.74) is 0.879. The average molecular weight is 452 g/mol. The Morgan fingerprint density at radius 1 is 1.13 bits per heavy atom. The molecule has 10 heteroatoms. The van der Waals surface area contributed by atoms with Crippen molar-refractivity contribution in [3.8, 4) is 0 Å². The first kappa shape index (κ1) is 22.1. The van der Waals surface area contributed by atoms with Gasteiger partial charge < -0.3 is 15.4 Å². The second-order valence-electron chi connectivity index (χ2n) is 6.91. The zero-order valence-electron chi connectivity index (χ0n) is 16.3. The number of anilines is 2. The Morgan fingerprint density at radius 2 is 1.90 bits per heavy atom. The van der Waals surface area contributed by atoms with Gasteiger partial charge in [-0.25, -0.2) is 8.42 Å². The first-order valence-corrected chi connectivity index (χ1v) is 11.6. The fourth-order valence-electron chi connectivity index (χ4n) is 3.06. The number of nitrogens with one attached hydrogen (secondary N) is 3. The molecule has 1 atom stereocenters. The maximum atomic E-state index is 12.8. The highest BCUT2D eigenvalue weighted by atomic mass is 35.5. The second kappa shape index (κ2) is 9.46. The minimum Gasteiger partial charge on any atom is -0.376 e. The lowest BCUT2D eigenvalue weighted by Gasteiger charge is -2.14. The molecule has 0 unspecified atom stereocenters. The minimum atomic E-state index is -3.51. The molecular formula is C20H22ClN3O5S. The lowest BCUT2D eigenvalue weighted by atomic mass is 10.1. The topological polar surface area (TPSA) is 114 Å². The zero-order chi connectivity index (χ0) is 21.7.